The Morgan fingerprint density at radius 1 is 1.41 bits per heavy atom. The molecular weight excluding hydrogens is 440 g/mol. The minimum Gasteiger partial charge on any atom is -0.307 e. The van der Waals surface area contributed by atoms with Gasteiger partial charge in [-0.05, 0) is 34.5 Å². The van der Waals surface area contributed by atoms with Gasteiger partial charge in [0.05, 0.1) is 15.9 Å². The van der Waals surface area contributed by atoms with Gasteiger partial charge in [0.25, 0.3) is 0 Å². The van der Waals surface area contributed by atoms with Crippen molar-refractivity contribution < 1.29 is 9.72 Å². The first-order chi connectivity index (χ1) is 12.8. The summed E-state index contributed by atoms with van der Waals surface area (Å²) in [6.45, 7) is 1.81. The van der Waals surface area contributed by atoms with Crippen molar-refractivity contribution >= 4 is 44.9 Å². The molecule has 1 amide bonds. The van der Waals surface area contributed by atoms with Crippen molar-refractivity contribution in [2.24, 2.45) is 0 Å². The topological polar surface area (TPSA) is 108 Å². The van der Waals surface area contributed by atoms with E-state index in [0.29, 0.717) is 27.6 Å². The maximum Gasteiger partial charge on any atom is 0.309 e. The van der Waals surface area contributed by atoms with Gasteiger partial charge in [-0.1, -0.05) is 29.8 Å². The number of anilines is 1. The number of carbonyl (C=O) groups excluding carboxylic acids is 1. The molecule has 3 aromatic rings. The van der Waals surface area contributed by atoms with Gasteiger partial charge < -0.3 is 5.32 Å². The van der Waals surface area contributed by atoms with Gasteiger partial charge in [0, 0.05) is 11.2 Å². The molecule has 0 aliphatic carbocycles. The van der Waals surface area contributed by atoms with Gasteiger partial charge in [-0.2, -0.15) is 10.2 Å². The van der Waals surface area contributed by atoms with Crippen LogP contribution in [-0.2, 0) is 17.9 Å². The highest BCUT2D eigenvalue weighted by Gasteiger charge is 2.19. The third-order valence-corrected chi connectivity index (χ3v) is 4.78. The second kappa shape index (κ2) is 7.89. The largest absolute Gasteiger partial charge is 0.309 e. The predicted molar refractivity (Wildman–Crippen MR) is 103 cm³/mol. The van der Waals surface area contributed by atoms with Crippen LogP contribution in [0.1, 0.15) is 11.3 Å². The van der Waals surface area contributed by atoms with E-state index in [0.717, 1.165) is 11.8 Å². The molecule has 140 valence electrons. The van der Waals surface area contributed by atoms with Gasteiger partial charge in [-0.3, -0.25) is 24.3 Å². The number of rotatable bonds is 6. The molecule has 11 heteroatoms. The quantitative estimate of drug-likeness (QED) is 0.454. The van der Waals surface area contributed by atoms with Crippen molar-refractivity contribution in [3.8, 4) is 0 Å². The highest BCUT2D eigenvalue weighted by molar-refractivity contribution is 9.10. The van der Waals surface area contributed by atoms with E-state index < -0.39 is 10.8 Å². The van der Waals surface area contributed by atoms with Crippen molar-refractivity contribution in [1.82, 2.24) is 19.6 Å². The third kappa shape index (κ3) is 4.34. The second-order valence-corrected chi connectivity index (χ2v) is 6.95. The van der Waals surface area contributed by atoms with Gasteiger partial charge in [0.1, 0.15) is 18.4 Å². The number of amides is 1. The molecule has 0 spiro atoms. The fraction of sp³-hybridized carbons (Fsp3) is 0.188. The van der Waals surface area contributed by atoms with Crippen LogP contribution in [0.25, 0.3) is 0 Å². The van der Waals surface area contributed by atoms with E-state index in [4.69, 9.17) is 11.6 Å². The highest BCUT2D eigenvalue weighted by atomic mass is 79.9. The normalized spacial score (nSPS) is 10.8. The van der Waals surface area contributed by atoms with Crippen LogP contribution in [0, 0.1) is 17.0 Å². The average molecular weight is 454 g/mol. The summed E-state index contributed by atoms with van der Waals surface area (Å²) in [6, 6.07) is 7.42. The van der Waals surface area contributed by atoms with Crippen molar-refractivity contribution in [2.75, 3.05) is 5.32 Å². The average Bonchev–Trinajstić information content (AvgIpc) is 3.13. The van der Waals surface area contributed by atoms with Crippen molar-refractivity contribution in [2.45, 2.75) is 20.0 Å². The van der Waals surface area contributed by atoms with E-state index in [-0.39, 0.29) is 12.2 Å². The monoisotopic (exact) mass is 452 g/mol. The predicted octanol–water partition coefficient (Wildman–Crippen LogP) is 3.40. The van der Waals surface area contributed by atoms with Crippen LogP contribution in [0.4, 0.5) is 11.5 Å². The fourth-order valence-electron chi connectivity index (χ4n) is 2.45. The molecule has 0 aliphatic rings. The molecule has 1 aromatic carbocycles. The molecule has 0 atom stereocenters. The SMILES string of the molecule is Cc1c([N+](=O)[O-])cnn1CC(=O)Nc1nn(Cc2ccccc2Cl)cc1Br. The molecule has 0 unspecified atom stereocenters. The first-order valence-electron chi connectivity index (χ1n) is 7.78. The molecule has 1 N–H and O–H groups in total. The van der Waals surface area contributed by atoms with Gasteiger partial charge >= 0.3 is 5.69 Å². The summed E-state index contributed by atoms with van der Waals surface area (Å²) >= 11 is 9.51. The van der Waals surface area contributed by atoms with E-state index in [2.05, 4.69) is 31.4 Å². The Morgan fingerprint density at radius 2 is 2.15 bits per heavy atom. The zero-order chi connectivity index (χ0) is 19.6. The molecule has 2 heterocycles. The van der Waals surface area contributed by atoms with E-state index >= 15 is 0 Å². The summed E-state index contributed by atoms with van der Waals surface area (Å²) in [6.07, 6.45) is 2.85. The molecule has 0 radical (unpaired) electrons. The molecule has 0 aliphatic heterocycles. The van der Waals surface area contributed by atoms with Gasteiger partial charge in [-0.25, -0.2) is 0 Å². The molecule has 9 nitrogen and oxygen atoms in total. The number of hydrogen-bond acceptors (Lipinski definition) is 5. The number of benzene rings is 1. The van der Waals surface area contributed by atoms with E-state index in [1.807, 2.05) is 18.2 Å². The Balaban J connectivity index is 1.69. The van der Waals surface area contributed by atoms with Crippen LogP contribution in [0.5, 0.6) is 0 Å². The Morgan fingerprint density at radius 3 is 2.81 bits per heavy atom. The van der Waals surface area contributed by atoms with Crippen LogP contribution in [0.3, 0.4) is 0 Å². The lowest BCUT2D eigenvalue weighted by molar-refractivity contribution is -0.385. The maximum atomic E-state index is 12.3. The lowest BCUT2D eigenvalue weighted by atomic mass is 10.2. The van der Waals surface area contributed by atoms with Crippen molar-refractivity contribution in [3.63, 3.8) is 0 Å². The number of carbonyl (C=O) groups is 1. The van der Waals surface area contributed by atoms with Crippen LogP contribution < -0.4 is 5.32 Å². The summed E-state index contributed by atoms with van der Waals surface area (Å²) in [7, 11) is 0. The maximum absolute atomic E-state index is 12.3. The smallest absolute Gasteiger partial charge is 0.307 e. The molecule has 0 bridgehead atoms. The standard InChI is InChI=1S/C16H14BrClN6O3/c1-10-14(24(26)27)6-19-23(10)9-15(25)20-16-12(17)8-22(21-16)7-11-4-2-3-5-13(11)18/h2-6,8H,7,9H2,1H3,(H,20,21,25). The Kier molecular flexibility index (Phi) is 5.57. The van der Waals surface area contributed by atoms with Gasteiger partial charge in [0.15, 0.2) is 5.82 Å². The molecule has 0 fully saturated rings. The van der Waals surface area contributed by atoms with E-state index in [1.165, 1.54) is 11.6 Å². The highest BCUT2D eigenvalue weighted by Crippen LogP contribution is 2.23. The van der Waals surface area contributed by atoms with Gasteiger partial charge in [-0.15, -0.1) is 0 Å². The third-order valence-electron chi connectivity index (χ3n) is 3.83. The zero-order valence-corrected chi connectivity index (χ0v) is 16.4. The lowest BCUT2D eigenvalue weighted by Gasteiger charge is -2.05. The number of halogens is 2. The minimum atomic E-state index is -0.538. The van der Waals surface area contributed by atoms with Gasteiger partial charge in [0.2, 0.25) is 5.91 Å². The van der Waals surface area contributed by atoms with E-state index in [1.54, 1.807) is 16.9 Å². The zero-order valence-electron chi connectivity index (χ0n) is 14.1. The lowest BCUT2D eigenvalue weighted by Crippen LogP contribution is -2.21. The molecule has 3 rings (SSSR count). The fourth-order valence-corrected chi connectivity index (χ4v) is 3.06. The molecule has 2 aromatic heterocycles. The Hall–Kier alpha value is -2.72. The number of nitrogens with one attached hydrogen (secondary N) is 1. The number of hydrogen-bond donors (Lipinski definition) is 1. The first kappa shape index (κ1) is 19.1. The molecular formula is C16H14BrClN6O3. The number of nitrogens with zero attached hydrogens (tertiary/aromatic N) is 5. The summed E-state index contributed by atoms with van der Waals surface area (Å²) in [4.78, 5) is 22.6. The molecule has 0 saturated heterocycles. The number of aromatic nitrogens is 4. The Labute approximate surface area is 167 Å². The molecule has 27 heavy (non-hydrogen) atoms. The van der Waals surface area contributed by atoms with Crippen LogP contribution in [-0.4, -0.2) is 30.4 Å². The van der Waals surface area contributed by atoms with Crippen LogP contribution in [0.2, 0.25) is 5.02 Å². The minimum absolute atomic E-state index is 0.131. The molecule has 0 saturated carbocycles. The summed E-state index contributed by atoms with van der Waals surface area (Å²) in [5, 5.41) is 22.3. The van der Waals surface area contributed by atoms with Crippen LogP contribution in [0.15, 0.2) is 41.1 Å². The van der Waals surface area contributed by atoms with E-state index in [9.17, 15) is 14.9 Å². The van der Waals surface area contributed by atoms with Crippen molar-refractivity contribution in [1.29, 1.82) is 0 Å². The van der Waals surface area contributed by atoms with Crippen LogP contribution >= 0.6 is 27.5 Å². The van der Waals surface area contributed by atoms with Crippen molar-refractivity contribution in [3.05, 3.63) is 67.5 Å². The Bertz CT molecular complexity index is 1020. The summed E-state index contributed by atoms with van der Waals surface area (Å²) < 4.78 is 3.51. The first-order valence-corrected chi connectivity index (χ1v) is 8.95. The second-order valence-electron chi connectivity index (χ2n) is 5.69. The summed E-state index contributed by atoms with van der Waals surface area (Å²) in [5.41, 5.74) is 1.07. The summed E-state index contributed by atoms with van der Waals surface area (Å²) in [5.74, 6) is -0.0637. The number of nitro groups is 1.